The van der Waals surface area contributed by atoms with E-state index in [9.17, 15) is 27.6 Å². The molecule has 2 heterocycles. The van der Waals surface area contributed by atoms with E-state index in [1.807, 2.05) is 43.3 Å². The van der Waals surface area contributed by atoms with Gasteiger partial charge in [-0.15, -0.1) is 0 Å². The van der Waals surface area contributed by atoms with Crippen molar-refractivity contribution in [2.75, 3.05) is 6.26 Å². The Hall–Kier alpha value is -4.49. The quantitative estimate of drug-likeness (QED) is 0.130. The van der Waals surface area contributed by atoms with E-state index in [-0.39, 0.29) is 24.7 Å². The molecule has 1 aliphatic rings. The van der Waals surface area contributed by atoms with Gasteiger partial charge < -0.3 is 30.8 Å². The van der Waals surface area contributed by atoms with E-state index in [1.165, 1.54) is 27.0 Å². The van der Waals surface area contributed by atoms with Crippen LogP contribution in [0.1, 0.15) is 64.7 Å². The Balaban J connectivity index is 1.81. The van der Waals surface area contributed by atoms with Gasteiger partial charge in [0.15, 0.2) is 21.2 Å². The molecule has 0 saturated carbocycles. The molecular formula is C35H43N4O8S. The molecule has 12 nitrogen and oxygen atoms in total. The van der Waals surface area contributed by atoms with Crippen LogP contribution in [0.3, 0.4) is 0 Å². The Morgan fingerprint density at radius 1 is 0.958 bits per heavy atom. The first kappa shape index (κ1) is 36.3. The van der Waals surface area contributed by atoms with Crippen molar-refractivity contribution in [2.45, 2.75) is 82.0 Å². The summed E-state index contributed by atoms with van der Waals surface area (Å²) >= 11 is 0. The highest BCUT2D eigenvalue weighted by molar-refractivity contribution is 7.92. The number of ketones is 1. The number of nitrogens with one attached hydrogen (secondary N) is 3. The largest absolute Gasteiger partial charge is 0.467 e. The fraction of sp³-hybridized carbons (Fsp3) is 0.400. The van der Waals surface area contributed by atoms with Crippen LogP contribution >= 0.6 is 0 Å². The van der Waals surface area contributed by atoms with Gasteiger partial charge in [0.1, 0.15) is 23.5 Å². The number of hydrogen-bond donors (Lipinski definition) is 4. The summed E-state index contributed by atoms with van der Waals surface area (Å²) in [6.45, 7) is 5.90. The molecule has 3 aromatic rings. The molecule has 0 spiro atoms. The maximum absolute atomic E-state index is 14.4. The lowest BCUT2D eigenvalue weighted by Gasteiger charge is -2.35. The third-order valence-corrected chi connectivity index (χ3v) is 11.0. The van der Waals surface area contributed by atoms with Crippen molar-refractivity contribution < 1.29 is 36.7 Å². The number of carbonyl (C=O) groups is 4. The standard InChI is InChI=1S/C35H43N4O8S/c1-6-7-9-20-27(40)28(26-19-13-12-18-25(26)23-15-10-8-11-16-23)35(34(4,47-35)31(36)42)39-30(41)29(33(2,3)48(5,44)45)38-32(43)37-22-24-17-14-21-46-24/h8,10-19,21,29H,6-7,9,20,22H2,1-5H3,(H2,36,42)(H,39,41)(H2,37,38,43)/t29-,34-,35+/m1/s1. The first-order valence-corrected chi connectivity index (χ1v) is 17.6. The molecule has 4 amide bonds. The van der Waals surface area contributed by atoms with Crippen molar-refractivity contribution in [2.24, 2.45) is 5.73 Å². The second-order valence-electron chi connectivity index (χ2n) is 12.6. The van der Waals surface area contributed by atoms with Crippen LogP contribution in [0.4, 0.5) is 4.79 Å². The number of sulfone groups is 1. The Bertz CT molecular complexity index is 1740. The summed E-state index contributed by atoms with van der Waals surface area (Å²) in [5.74, 6) is -1.94. The average molecular weight is 680 g/mol. The zero-order valence-electron chi connectivity index (χ0n) is 27.8. The third kappa shape index (κ3) is 7.31. The minimum absolute atomic E-state index is 0.00844. The average Bonchev–Trinajstić information content (AvgIpc) is 3.34. The summed E-state index contributed by atoms with van der Waals surface area (Å²) in [5, 5.41) is 7.71. The first-order chi connectivity index (χ1) is 22.6. The summed E-state index contributed by atoms with van der Waals surface area (Å²) < 4.78 is 35.5. The molecule has 13 heteroatoms. The number of amides is 4. The smallest absolute Gasteiger partial charge is 0.315 e. The minimum atomic E-state index is -4.01. The highest BCUT2D eigenvalue weighted by Gasteiger charge is 2.78. The second kappa shape index (κ2) is 14.3. The Labute approximate surface area is 281 Å². The Kier molecular flexibility index (Phi) is 10.8. The summed E-state index contributed by atoms with van der Waals surface area (Å²) in [6, 6.07) is 17.0. The van der Waals surface area contributed by atoms with Crippen molar-refractivity contribution in [3.63, 3.8) is 0 Å². The van der Waals surface area contributed by atoms with Crippen LogP contribution < -0.4 is 21.7 Å². The number of rotatable bonds is 16. The summed E-state index contributed by atoms with van der Waals surface area (Å²) in [4.78, 5) is 54.7. The van der Waals surface area contributed by atoms with Gasteiger partial charge in [-0.2, -0.15) is 0 Å². The SMILES string of the molecule is CCCCCC(=O)[C](c1ccccc1-c1ccccc1)[C@]1(NC(=O)[C@@H](NC(=O)NCc2ccco2)C(C)(C)S(C)(=O)=O)O[C@]1(C)C(N)=O. The normalized spacial score (nSPS) is 19.7. The number of epoxide rings is 1. The van der Waals surface area contributed by atoms with Crippen LogP contribution in [0, 0.1) is 5.92 Å². The number of benzene rings is 2. The molecule has 3 atom stereocenters. The van der Waals surface area contributed by atoms with Gasteiger partial charge in [0, 0.05) is 12.7 Å². The van der Waals surface area contributed by atoms with Crippen LogP contribution in [-0.2, 0) is 35.5 Å². The van der Waals surface area contributed by atoms with Crippen LogP contribution in [0.5, 0.6) is 0 Å². The monoisotopic (exact) mass is 679 g/mol. The van der Waals surface area contributed by atoms with Gasteiger partial charge in [-0.3, -0.25) is 14.4 Å². The molecule has 257 valence electrons. The van der Waals surface area contributed by atoms with Crippen LogP contribution in [0.25, 0.3) is 11.1 Å². The summed E-state index contributed by atoms with van der Waals surface area (Å²) in [7, 11) is -4.01. The highest BCUT2D eigenvalue weighted by atomic mass is 32.2. The minimum Gasteiger partial charge on any atom is -0.467 e. The number of urea groups is 1. The number of carbonyl (C=O) groups excluding carboxylic acids is 4. The van der Waals surface area contributed by atoms with Gasteiger partial charge >= 0.3 is 6.03 Å². The molecule has 48 heavy (non-hydrogen) atoms. The van der Waals surface area contributed by atoms with Crippen LogP contribution in [0.2, 0.25) is 0 Å². The molecule has 1 aromatic heterocycles. The number of nitrogens with two attached hydrogens (primary N) is 1. The molecule has 2 aromatic carbocycles. The number of unbranched alkanes of at least 4 members (excludes halogenated alkanes) is 2. The van der Waals surface area contributed by atoms with Crippen molar-refractivity contribution in [3.8, 4) is 11.1 Å². The first-order valence-electron chi connectivity index (χ1n) is 15.7. The lowest BCUT2D eigenvalue weighted by molar-refractivity contribution is -0.125. The fourth-order valence-electron chi connectivity index (χ4n) is 5.55. The van der Waals surface area contributed by atoms with E-state index in [4.69, 9.17) is 14.9 Å². The molecule has 1 fully saturated rings. The number of hydrogen-bond acceptors (Lipinski definition) is 8. The molecule has 4 rings (SSSR count). The van der Waals surface area contributed by atoms with Crippen LogP contribution in [0.15, 0.2) is 77.4 Å². The lowest BCUT2D eigenvalue weighted by Crippen LogP contribution is -2.65. The van der Waals surface area contributed by atoms with E-state index in [1.54, 1.807) is 30.3 Å². The van der Waals surface area contributed by atoms with Gasteiger partial charge in [0.25, 0.3) is 5.91 Å². The van der Waals surface area contributed by atoms with Crippen LogP contribution in [-0.4, -0.2) is 60.4 Å². The molecule has 5 N–H and O–H groups in total. The molecular weight excluding hydrogens is 636 g/mol. The maximum Gasteiger partial charge on any atom is 0.315 e. The predicted octanol–water partition coefficient (Wildman–Crippen LogP) is 3.80. The summed E-state index contributed by atoms with van der Waals surface area (Å²) in [6.07, 6.45) is 4.58. The van der Waals surface area contributed by atoms with Gasteiger partial charge in [0.05, 0.1) is 17.6 Å². The van der Waals surface area contributed by atoms with E-state index >= 15 is 0 Å². The van der Waals surface area contributed by atoms with Gasteiger partial charge in [-0.05, 0) is 56.0 Å². The molecule has 0 bridgehead atoms. The Morgan fingerprint density at radius 2 is 1.62 bits per heavy atom. The van der Waals surface area contributed by atoms with Crippen molar-refractivity contribution in [1.29, 1.82) is 0 Å². The third-order valence-electron chi connectivity index (χ3n) is 8.87. The van der Waals surface area contributed by atoms with Crippen molar-refractivity contribution >= 4 is 33.5 Å². The molecule has 1 saturated heterocycles. The van der Waals surface area contributed by atoms with Crippen molar-refractivity contribution in [3.05, 3.63) is 90.2 Å². The maximum atomic E-state index is 14.4. The van der Waals surface area contributed by atoms with Gasteiger partial charge in [-0.25, -0.2) is 13.2 Å². The predicted molar refractivity (Wildman–Crippen MR) is 180 cm³/mol. The Morgan fingerprint density at radius 3 is 2.21 bits per heavy atom. The second-order valence-corrected chi connectivity index (χ2v) is 15.1. The van der Waals surface area contributed by atoms with Crippen molar-refractivity contribution in [1.82, 2.24) is 16.0 Å². The highest BCUT2D eigenvalue weighted by Crippen LogP contribution is 2.55. The zero-order chi connectivity index (χ0) is 35.3. The van der Waals surface area contributed by atoms with E-state index in [0.717, 1.165) is 24.7 Å². The number of ether oxygens (including phenoxy) is 1. The molecule has 1 radical (unpaired) electrons. The summed E-state index contributed by atoms with van der Waals surface area (Å²) in [5.41, 5.74) is 3.65. The van der Waals surface area contributed by atoms with E-state index in [2.05, 4.69) is 16.0 Å². The topological polar surface area (TPSA) is 190 Å². The van der Waals surface area contributed by atoms with E-state index in [0.29, 0.717) is 23.3 Å². The number of primary amides is 1. The number of furan rings is 1. The molecule has 1 aliphatic heterocycles. The lowest BCUT2D eigenvalue weighted by atomic mass is 9.77. The van der Waals surface area contributed by atoms with Gasteiger partial charge in [-0.1, -0.05) is 74.4 Å². The number of Topliss-reactive ketones (excluding diaryl/α,β-unsaturated/α-hetero) is 1. The van der Waals surface area contributed by atoms with Gasteiger partial charge in [0.2, 0.25) is 5.91 Å². The fourth-order valence-corrected chi connectivity index (χ4v) is 6.14. The molecule has 0 unspecified atom stereocenters. The molecule has 0 aliphatic carbocycles. The zero-order valence-corrected chi connectivity index (χ0v) is 28.6. The van der Waals surface area contributed by atoms with E-state index < -0.39 is 49.8 Å².